The van der Waals surface area contributed by atoms with Gasteiger partial charge in [-0.2, -0.15) is 0 Å². The molecule has 1 N–H and O–H groups in total. The van der Waals surface area contributed by atoms with Crippen molar-refractivity contribution in [2.45, 2.75) is 96.6 Å². The fourth-order valence-corrected chi connectivity index (χ4v) is 3.12. The number of hydrogen-bond acceptors (Lipinski definition) is 2. The number of unbranched alkanes of at least 4 members (excludes halogenated alkanes) is 11. The summed E-state index contributed by atoms with van der Waals surface area (Å²) in [5.74, 6) is 0. The van der Waals surface area contributed by atoms with E-state index < -0.39 is 6.10 Å². The monoisotopic (exact) mass is 350 g/mol. The van der Waals surface area contributed by atoms with Crippen LogP contribution in [0.2, 0.25) is 0 Å². The zero-order valence-electron chi connectivity index (χ0n) is 16.4. The minimum absolute atomic E-state index is 0.426. The Morgan fingerprint density at radius 1 is 0.760 bits per heavy atom. The molecule has 1 unspecified atom stereocenters. The summed E-state index contributed by atoms with van der Waals surface area (Å²) in [4.78, 5) is 0. The molecule has 0 spiro atoms. The van der Waals surface area contributed by atoms with Crippen LogP contribution < -0.4 is 4.57 Å². The van der Waals surface area contributed by atoms with Crippen molar-refractivity contribution in [2.75, 3.05) is 13.2 Å². The quantitative estimate of drug-likeness (QED) is 0.315. The van der Waals surface area contributed by atoms with Crippen LogP contribution in [0, 0.1) is 0 Å². The molecule has 0 aromatic carbocycles. The van der Waals surface area contributed by atoms with Gasteiger partial charge in [0.2, 0.25) is 0 Å². The van der Waals surface area contributed by atoms with Crippen LogP contribution in [0.4, 0.5) is 0 Å². The van der Waals surface area contributed by atoms with E-state index in [9.17, 15) is 5.11 Å². The summed E-state index contributed by atoms with van der Waals surface area (Å²) in [6, 6.07) is 5.92. The molecule has 0 aliphatic rings. The Morgan fingerprint density at radius 3 is 1.84 bits per heavy atom. The van der Waals surface area contributed by atoms with E-state index >= 15 is 0 Å². The topological polar surface area (TPSA) is 33.3 Å². The van der Waals surface area contributed by atoms with Crippen LogP contribution in [0.1, 0.15) is 84.0 Å². The molecule has 0 radical (unpaired) electrons. The largest absolute Gasteiger partial charge is 0.384 e. The molecule has 0 bridgehead atoms. The lowest BCUT2D eigenvalue weighted by molar-refractivity contribution is -0.703. The zero-order valence-corrected chi connectivity index (χ0v) is 16.4. The van der Waals surface area contributed by atoms with E-state index in [0.717, 1.165) is 13.0 Å². The maximum atomic E-state index is 9.95. The third kappa shape index (κ3) is 14.0. The van der Waals surface area contributed by atoms with Gasteiger partial charge in [0.1, 0.15) is 6.10 Å². The van der Waals surface area contributed by atoms with Gasteiger partial charge >= 0.3 is 0 Å². The molecule has 1 heterocycles. The lowest BCUT2D eigenvalue weighted by atomic mass is 10.1. The molecular weight excluding hydrogens is 310 g/mol. The van der Waals surface area contributed by atoms with Crippen LogP contribution in [-0.4, -0.2) is 24.4 Å². The molecule has 3 heteroatoms. The summed E-state index contributed by atoms with van der Waals surface area (Å²) in [5.41, 5.74) is 0. The average molecular weight is 351 g/mol. The van der Waals surface area contributed by atoms with Crippen molar-refractivity contribution in [1.29, 1.82) is 0 Å². The minimum Gasteiger partial charge on any atom is -0.384 e. The van der Waals surface area contributed by atoms with Gasteiger partial charge in [-0.1, -0.05) is 83.6 Å². The number of aromatic nitrogens is 1. The molecule has 144 valence electrons. The van der Waals surface area contributed by atoms with E-state index in [1.54, 1.807) is 0 Å². The first-order chi connectivity index (χ1) is 12.3. The molecule has 1 rings (SSSR count). The average Bonchev–Trinajstić information content (AvgIpc) is 2.63. The van der Waals surface area contributed by atoms with Crippen LogP contribution in [0.3, 0.4) is 0 Å². The number of ether oxygens (including phenoxy) is 1. The van der Waals surface area contributed by atoms with Crippen molar-refractivity contribution < 1.29 is 14.4 Å². The van der Waals surface area contributed by atoms with Crippen molar-refractivity contribution in [3.8, 4) is 0 Å². The Bertz CT molecular complexity index is 383. The van der Waals surface area contributed by atoms with Crippen LogP contribution in [0.15, 0.2) is 30.6 Å². The van der Waals surface area contributed by atoms with Gasteiger partial charge in [-0.3, -0.25) is 0 Å². The lowest BCUT2D eigenvalue weighted by Gasteiger charge is -2.08. The number of hydrogen-bond donors (Lipinski definition) is 1. The van der Waals surface area contributed by atoms with E-state index in [1.165, 1.54) is 70.6 Å². The number of nitrogens with zero attached hydrogens (tertiary/aromatic N) is 1. The second-order valence-corrected chi connectivity index (χ2v) is 7.19. The normalized spacial score (nSPS) is 12.4. The van der Waals surface area contributed by atoms with Gasteiger partial charge in [-0.05, 0) is 6.42 Å². The second kappa shape index (κ2) is 16.5. The molecule has 1 aromatic heterocycles. The molecule has 0 saturated carbocycles. The predicted molar refractivity (Wildman–Crippen MR) is 105 cm³/mol. The van der Waals surface area contributed by atoms with Crippen molar-refractivity contribution in [3.63, 3.8) is 0 Å². The number of pyridine rings is 1. The summed E-state index contributed by atoms with van der Waals surface area (Å²) >= 11 is 0. The van der Waals surface area contributed by atoms with Gasteiger partial charge in [0.25, 0.3) is 0 Å². The molecule has 0 fully saturated rings. The summed E-state index contributed by atoms with van der Waals surface area (Å²) in [5, 5.41) is 9.95. The molecule has 0 aliphatic carbocycles. The summed E-state index contributed by atoms with van der Waals surface area (Å²) in [7, 11) is 0. The second-order valence-electron chi connectivity index (χ2n) is 7.19. The van der Waals surface area contributed by atoms with Crippen LogP contribution in [0.5, 0.6) is 0 Å². The summed E-state index contributed by atoms with van der Waals surface area (Å²) < 4.78 is 7.58. The van der Waals surface area contributed by atoms with Gasteiger partial charge in [0, 0.05) is 18.7 Å². The molecule has 25 heavy (non-hydrogen) atoms. The van der Waals surface area contributed by atoms with E-state index in [1.807, 2.05) is 35.2 Å². The maximum absolute atomic E-state index is 9.95. The smallest absolute Gasteiger partial charge is 0.176 e. The Kier molecular flexibility index (Phi) is 14.6. The highest BCUT2D eigenvalue weighted by Gasteiger charge is 2.10. The highest BCUT2D eigenvalue weighted by atomic mass is 16.5. The molecule has 3 nitrogen and oxygen atoms in total. The Labute approximate surface area is 155 Å². The number of rotatable bonds is 17. The van der Waals surface area contributed by atoms with Gasteiger partial charge in [0.05, 0.1) is 6.61 Å². The molecule has 0 amide bonds. The molecular formula is C22H40NO2+. The van der Waals surface area contributed by atoms with E-state index in [2.05, 4.69) is 6.92 Å². The SMILES string of the molecule is CCCCCCCCCCCCCCOCC(O)C[n+]1ccccc1. The third-order valence-corrected chi connectivity index (χ3v) is 4.65. The molecule has 0 aliphatic heterocycles. The molecule has 0 saturated heterocycles. The Hall–Kier alpha value is -0.930. The minimum atomic E-state index is -0.426. The fraction of sp³-hybridized carbons (Fsp3) is 0.773. The first-order valence-corrected chi connectivity index (χ1v) is 10.5. The number of aliphatic hydroxyl groups is 1. The molecule has 1 atom stereocenters. The van der Waals surface area contributed by atoms with Crippen molar-refractivity contribution in [1.82, 2.24) is 0 Å². The highest BCUT2D eigenvalue weighted by Crippen LogP contribution is 2.11. The van der Waals surface area contributed by atoms with E-state index in [4.69, 9.17) is 4.74 Å². The van der Waals surface area contributed by atoms with Gasteiger partial charge in [0.15, 0.2) is 18.9 Å². The van der Waals surface area contributed by atoms with E-state index in [-0.39, 0.29) is 0 Å². The van der Waals surface area contributed by atoms with Crippen LogP contribution in [0.25, 0.3) is 0 Å². The van der Waals surface area contributed by atoms with Crippen LogP contribution >= 0.6 is 0 Å². The number of aliphatic hydroxyl groups excluding tert-OH is 1. The summed E-state index contributed by atoms with van der Waals surface area (Å²) in [6.45, 7) is 4.07. The van der Waals surface area contributed by atoms with Crippen molar-refractivity contribution in [3.05, 3.63) is 30.6 Å². The lowest BCUT2D eigenvalue weighted by Crippen LogP contribution is -2.40. The Morgan fingerprint density at radius 2 is 1.28 bits per heavy atom. The fourth-order valence-electron chi connectivity index (χ4n) is 3.12. The molecule has 1 aromatic rings. The van der Waals surface area contributed by atoms with Crippen molar-refractivity contribution >= 4 is 0 Å². The third-order valence-electron chi connectivity index (χ3n) is 4.65. The Balaban J connectivity index is 1.78. The first-order valence-electron chi connectivity index (χ1n) is 10.5. The maximum Gasteiger partial charge on any atom is 0.176 e. The predicted octanol–water partition coefficient (Wildman–Crippen LogP) is 5.05. The zero-order chi connectivity index (χ0) is 18.0. The summed E-state index contributed by atoms with van der Waals surface area (Å²) in [6.07, 6.45) is 19.8. The van der Waals surface area contributed by atoms with Gasteiger partial charge in [-0.25, -0.2) is 4.57 Å². The van der Waals surface area contributed by atoms with Crippen molar-refractivity contribution in [2.24, 2.45) is 0 Å². The van der Waals surface area contributed by atoms with Gasteiger partial charge < -0.3 is 9.84 Å². The first kappa shape index (κ1) is 22.1. The van der Waals surface area contributed by atoms with Crippen LogP contribution in [-0.2, 0) is 11.3 Å². The standard InChI is InChI=1S/C22H40NO2/c1-2-3-4-5-6-7-8-9-10-11-12-16-19-25-21-22(24)20-23-17-14-13-15-18-23/h13-15,17-18,22,24H,2-12,16,19-21H2,1H3/q+1. The van der Waals surface area contributed by atoms with Gasteiger partial charge in [-0.15, -0.1) is 0 Å². The highest BCUT2D eigenvalue weighted by molar-refractivity contribution is 4.83. The van der Waals surface area contributed by atoms with E-state index in [0.29, 0.717) is 13.2 Å².